The SMILES string of the molecule is CC1CCCN(C(=O)NCC(F)F)C1C(=O)O. The lowest BCUT2D eigenvalue weighted by Gasteiger charge is -2.37. The van der Waals surface area contributed by atoms with Gasteiger partial charge in [0, 0.05) is 6.54 Å². The summed E-state index contributed by atoms with van der Waals surface area (Å²) in [6, 6.07) is -1.66. The second kappa shape index (κ2) is 5.79. The summed E-state index contributed by atoms with van der Waals surface area (Å²) in [6.45, 7) is 1.28. The molecule has 1 aliphatic heterocycles. The summed E-state index contributed by atoms with van der Waals surface area (Å²) in [7, 11) is 0. The van der Waals surface area contributed by atoms with Crippen molar-refractivity contribution in [2.75, 3.05) is 13.1 Å². The van der Waals surface area contributed by atoms with E-state index in [2.05, 4.69) is 0 Å². The Kier molecular flexibility index (Phi) is 4.65. The molecule has 0 aromatic rings. The second-order valence-corrected chi connectivity index (χ2v) is 4.17. The zero-order valence-corrected chi connectivity index (χ0v) is 9.53. The number of likely N-dealkylation sites (tertiary alicyclic amines) is 1. The van der Waals surface area contributed by atoms with Crippen LogP contribution in [-0.4, -0.2) is 47.6 Å². The first kappa shape index (κ1) is 13.7. The number of carboxylic acids is 1. The van der Waals surface area contributed by atoms with Gasteiger partial charge in [0.05, 0.1) is 6.54 Å². The van der Waals surface area contributed by atoms with Gasteiger partial charge in [0.15, 0.2) is 0 Å². The number of aliphatic carboxylic acids is 1. The molecule has 1 heterocycles. The molecule has 7 heteroatoms. The molecule has 0 aromatic carbocycles. The van der Waals surface area contributed by atoms with E-state index in [0.717, 1.165) is 11.3 Å². The van der Waals surface area contributed by atoms with E-state index in [1.54, 1.807) is 6.92 Å². The molecule has 2 amide bonds. The highest BCUT2D eigenvalue weighted by atomic mass is 19.3. The number of piperidine rings is 1. The third-order valence-electron chi connectivity index (χ3n) is 2.85. The van der Waals surface area contributed by atoms with Crippen molar-refractivity contribution in [3.63, 3.8) is 0 Å². The highest BCUT2D eigenvalue weighted by molar-refractivity contribution is 5.83. The number of urea groups is 1. The summed E-state index contributed by atoms with van der Waals surface area (Å²) in [6.07, 6.45) is -1.23. The monoisotopic (exact) mass is 250 g/mol. The molecule has 1 aliphatic rings. The summed E-state index contributed by atoms with van der Waals surface area (Å²) in [5.41, 5.74) is 0. The van der Waals surface area contributed by atoms with Crippen LogP contribution in [0.3, 0.4) is 0 Å². The highest BCUT2D eigenvalue weighted by Crippen LogP contribution is 2.23. The van der Waals surface area contributed by atoms with Gasteiger partial charge >= 0.3 is 12.0 Å². The maximum Gasteiger partial charge on any atom is 0.326 e. The van der Waals surface area contributed by atoms with Crippen LogP contribution in [0.15, 0.2) is 0 Å². The molecule has 17 heavy (non-hydrogen) atoms. The average Bonchev–Trinajstić information content (AvgIpc) is 2.24. The van der Waals surface area contributed by atoms with E-state index >= 15 is 0 Å². The summed E-state index contributed by atoms with van der Waals surface area (Å²) in [5, 5.41) is 11.1. The van der Waals surface area contributed by atoms with E-state index in [-0.39, 0.29) is 12.5 Å². The maximum absolute atomic E-state index is 11.9. The molecule has 1 rings (SSSR count). The van der Waals surface area contributed by atoms with E-state index in [1.807, 2.05) is 5.32 Å². The Bertz CT molecular complexity index is 299. The molecule has 0 bridgehead atoms. The van der Waals surface area contributed by atoms with Crippen molar-refractivity contribution >= 4 is 12.0 Å². The van der Waals surface area contributed by atoms with Crippen LogP contribution in [0.4, 0.5) is 13.6 Å². The largest absolute Gasteiger partial charge is 0.480 e. The minimum atomic E-state index is -2.63. The number of amides is 2. The second-order valence-electron chi connectivity index (χ2n) is 4.17. The number of hydrogen-bond acceptors (Lipinski definition) is 2. The van der Waals surface area contributed by atoms with Crippen LogP contribution in [0.25, 0.3) is 0 Å². The van der Waals surface area contributed by atoms with Gasteiger partial charge in [-0.1, -0.05) is 6.92 Å². The van der Waals surface area contributed by atoms with Gasteiger partial charge in [0.25, 0.3) is 6.43 Å². The van der Waals surface area contributed by atoms with E-state index < -0.39 is 31.0 Å². The van der Waals surface area contributed by atoms with Crippen LogP contribution in [0, 0.1) is 5.92 Å². The number of alkyl halides is 2. The third-order valence-corrected chi connectivity index (χ3v) is 2.85. The number of carbonyl (C=O) groups excluding carboxylic acids is 1. The number of hydrogen-bond donors (Lipinski definition) is 2. The summed E-state index contributed by atoms with van der Waals surface area (Å²) >= 11 is 0. The smallest absolute Gasteiger partial charge is 0.326 e. The predicted molar refractivity (Wildman–Crippen MR) is 55.9 cm³/mol. The van der Waals surface area contributed by atoms with Gasteiger partial charge in [-0.25, -0.2) is 18.4 Å². The molecule has 5 nitrogen and oxygen atoms in total. The Hall–Kier alpha value is -1.40. The lowest BCUT2D eigenvalue weighted by atomic mass is 9.91. The lowest BCUT2D eigenvalue weighted by molar-refractivity contribution is -0.145. The Morgan fingerprint density at radius 3 is 2.71 bits per heavy atom. The van der Waals surface area contributed by atoms with E-state index in [1.165, 1.54) is 0 Å². The van der Waals surface area contributed by atoms with Crippen molar-refractivity contribution in [1.82, 2.24) is 10.2 Å². The molecule has 0 radical (unpaired) electrons. The van der Waals surface area contributed by atoms with Crippen LogP contribution in [0.5, 0.6) is 0 Å². The molecular formula is C10H16F2N2O3. The Balaban J connectivity index is 2.65. The van der Waals surface area contributed by atoms with Crippen molar-refractivity contribution in [3.8, 4) is 0 Å². The fourth-order valence-corrected chi connectivity index (χ4v) is 2.06. The van der Waals surface area contributed by atoms with Crippen LogP contribution < -0.4 is 5.32 Å². The van der Waals surface area contributed by atoms with Gasteiger partial charge in [0.1, 0.15) is 6.04 Å². The predicted octanol–water partition coefficient (Wildman–Crippen LogP) is 1.15. The molecular weight excluding hydrogens is 234 g/mol. The zero-order chi connectivity index (χ0) is 13.0. The highest BCUT2D eigenvalue weighted by Gasteiger charge is 2.37. The lowest BCUT2D eigenvalue weighted by Crippen LogP contribution is -2.55. The van der Waals surface area contributed by atoms with Gasteiger partial charge in [-0.15, -0.1) is 0 Å². The first-order valence-electron chi connectivity index (χ1n) is 5.49. The number of carboxylic acid groups (broad SMARTS) is 1. The van der Waals surface area contributed by atoms with E-state index in [4.69, 9.17) is 5.11 Å². The van der Waals surface area contributed by atoms with Crippen LogP contribution in [0.1, 0.15) is 19.8 Å². The summed E-state index contributed by atoms with van der Waals surface area (Å²) in [4.78, 5) is 23.8. The molecule has 1 fully saturated rings. The maximum atomic E-state index is 11.9. The van der Waals surface area contributed by atoms with Gasteiger partial charge in [-0.05, 0) is 18.8 Å². The van der Waals surface area contributed by atoms with Crippen molar-refractivity contribution in [2.45, 2.75) is 32.2 Å². The standard InChI is InChI=1S/C10H16F2N2O3/c1-6-3-2-4-14(8(6)9(15)16)10(17)13-5-7(11)12/h6-8H,2-5H2,1H3,(H,13,17)(H,15,16). The molecule has 2 N–H and O–H groups in total. The van der Waals surface area contributed by atoms with Gasteiger partial charge in [-0.3, -0.25) is 0 Å². The normalized spacial score (nSPS) is 24.8. The van der Waals surface area contributed by atoms with Crippen molar-refractivity contribution in [2.24, 2.45) is 5.92 Å². The molecule has 0 saturated carbocycles. The van der Waals surface area contributed by atoms with Gasteiger partial charge in [-0.2, -0.15) is 0 Å². The van der Waals surface area contributed by atoms with Crippen LogP contribution >= 0.6 is 0 Å². The van der Waals surface area contributed by atoms with E-state index in [0.29, 0.717) is 6.42 Å². The molecule has 0 aliphatic carbocycles. The first-order chi connectivity index (χ1) is 7.93. The van der Waals surface area contributed by atoms with E-state index in [9.17, 15) is 18.4 Å². The summed E-state index contributed by atoms with van der Waals surface area (Å²) < 4.78 is 23.9. The van der Waals surface area contributed by atoms with Crippen molar-refractivity contribution in [1.29, 1.82) is 0 Å². The van der Waals surface area contributed by atoms with Crippen LogP contribution in [-0.2, 0) is 4.79 Å². The average molecular weight is 250 g/mol. The minimum Gasteiger partial charge on any atom is -0.480 e. The Morgan fingerprint density at radius 2 is 2.18 bits per heavy atom. The minimum absolute atomic E-state index is 0.168. The fourth-order valence-electron chi connectivity index (χ4n) is 2.06. The van der Waals surface area contributed by atoms with Gasteiger partial charge in [0.2, 0.25) is 0 Å². The zero-order valence-electron chi connectivity index (χ0n) is 9.53. The van der Waals surface area contributed by atoms with Crippen LogP contribution in [0.2, 0.25) is 0 Å². The fraction of sp³-hybridized carbons (Fsp3) is 0.800. The number of nitrogens with zero attached hydrogens (tertiary/aromatic N) is 1. The van der Waals surface area contributed by atoms with Gasteiger partial charge < -0.3 is 15.3 Å². The molecule has 2 atom stereocenters. The molecule has 0 spiro atoms. The number of nitrogens with one attached hydrogen (secondary N) is 1. The van der Waals surface area contributed by atoms with Crippen molar-refractivity contribution in [3.05, 3.63) is 0 Å². The Labute approximate surface area is 97.8 Å². The summed E-state index contributed by atoms with van der Waals surface area (Å²) in [5.74, 6) is -1.26. The molecule has 1 saturated heterocycles. The third kappa shape index (κ3) is 3.54. The number of halogens is 2. The quantitative estimate of drug-likeness (QED) is 0.789. The molecule has 0 aromatic heterocycles. The molecule has 2 unspecified atom stereocenters. The number of carbonyl (C=O) groups is 2. The first-order valence-corrected chi connectivity index (χ1v) is 5.49. The number of rotatable bonds is 3. The topological polar surface area (TPSA) is 69.6 Å². The van der Waals surface area contributed by atoms with Crippen molar-refractivity contribution < 1.29 is 23.5 Å². The Morgan fingerprint density at radius 1 is 1.53 bits per heavy atom. The molecule has 98 valence electrons.